The summed E-state index contributed by atoms with van der Waals surface area (Å²) >= 11 is 0. The number of imidazole rings is 1. The second-order valence-electron chi connectivity index (χ2n) is 5.00. The number of hydrogen-bond donors (Lipinski definition) is 0. The Bertz CT molecular complexity index is 868. The minimum Gasteiger partial charge on any atom is -0.334 e. The second-order valence-corrected chi connectivity index (χ2v) is 5.00. The van der Waals surface area contributed by atoms with Crippen molar-refractivity contribution in [2.75, 3.05) is 11.9 Å². The van der Waals surface area contributed by atoms with Gasteiger partial charge in [0.2, 0.25) is 0 Å². The highest BCUT2D eigenvalue weighted by atomic mass is 15.2. The molecule has 3 aromatic rings. The molecule has 0 amide bonds. The Balaban J connectivity index is 1.91. The van der Waals surface area contributed by atoms with E-state index in [9.17, 15) is 0 Å². The van der Waals surface area contributed by atoms with Gasteiger partial charge >= 0.3 is 0 Å². The molecule has 0 saturated heterocycles. The van der Waals surface area contributed by atoms with E-state index in [2.05, 4.69) is 9.97 Å². The number of aromatic nitrogens is 3. The summed E-state index contributed by atoms with van der Waals surface area (Å²) in [5.41, 5.74) is 3.96. The molecular weight excluding hydrogens is 274 g/mol. The number of benzene rings is 1. The van der Waals surface area contributed by atoms with Crippen LogP contribution in [0.1, 0.15) is 5.56 Å². The number of nitrogens with zero attached hydrogens (tertiary/aromatic N) is 5. The van der Waals surface area contributed by atoms with Crippen molar-refractivity contribution in [2.45, 2.75) is 0 Å². The number of rotatable bonds is 3. The fraction of sp³-hybridized carbons (Fsp3) is 0.118. The predicted octanol–water partition coefficient (Wildman–Crippen LogP) is 3.27. The molecule has 0 N–H and O–H groups in total. The molecule has 0 aliphatic rings. The van der Waals surface area contributed by atoms with Crippen molar-refractivity contribution < 1.29 is 0 Å². The van der Waals surface area contributed by atoms with Crippen LogP contribution in [0, 0.1) is 11.3 Å². The number of fused-ring (bicyclic) bond motifs is 1. The molecule has 0 unspecified atom stereocenters. The van der Waals surface area contributed by atoms with Crippen LogP contribution in [0.5, 0.6) is 0 Å². The first-order valence-corrected chi connectivity index (χ1v) is 6.86. The highest BCUT2D eigenvalue weighted by Crippen LogP contribution is 2.24. The third-order valence-electron chi connectivity index (χ3n) is 3.57. The Hall–Kier alpha value is -3.13. The Labute approximate surface area is 128 Å². The first kappa shape index (κ1) is 13.8. The highest BCUT2D eigenvalue weighted by Gasteiger charge is 2.08. The molecule has 0 radical (unpaired) electrons. The molecule has 0 spiro atoms. The zero-order chi connectivity index (χ0) is 15.5. The van der Waals surface area contributed by atoms with E-state index in [0.717, 1.165) is 28.1 Å². The lowest BCUT2D eigenvalue weighted by molar-refractivity contribution is 0.946. The molecule has 0 bridgehead atoms. The summed E-state index contributed by atoms with van der Waals surface area (Å²) in [7, 11) is 3.94. The molecule has 5 heteroatoms. The van der Waals surface area contributed by atoms with Crippen LogP contribution in [0.15, 0.2) is 48.9 Å². The van der Waals surface area contributed by atoms with Crippen LogP contribution in [-0.4, -0.2) is 21.6 Å². The van der Waals surface area contributed by atoms with Gasteiger partial charge in [0, 0.05) is 31.9 Å². The molecular formula is C17H15N5. The monoisotopic (exact) mass is 289 g/mol. The van der Waals surface area contributed by atoms with Gasteiger partial charge in [0.1, 0.15) is 11.3 Å². The van der Waals surface area contributed by atoms with Crippen molar-refractivity contribution >= 4 is 28.6 Å². The zero-order valence-electron chi connectivity index (χ0n) is 12.4. The van der Waals surface area contributed by atoms with Crippen molar-refractivity contribution in [3.8, 4) is 6.07 Å². The van der Waals surface area contributed by atoms with Crippen molar-refractivity contribution in [3.63, 3.8) is 0 Å². The summed E-state index contributed by atoms with van der Waals surface area (Å²) in [5.74, 6) is 0.858. The standard InChI is InChI=1S/C17H15N5/c1-21-12-20-15-11-19-17(10-16(15)21)22(2)14-7-5-13(6-8-14)4-3-9-18/h3-8,10-12H,1-2H3/b4-3+. The normalized spacial score (nSPS) is 11.0. The van der Waals surface area contributed by atoms with E-state index >= 15 is 0 Å². The largest absolute Gasteiger partial charge is 0.334 e. The van der Waals surface area contributed by atoms with Crippen LogP contribution in [0.3, 0.4) is 0 Å². The van der Waals surface area contributed by atoms with E-state index in [-0.39, 0.29) is 0 Å². The van der Waals surface area contributed by atoms with Gasteiger partial charge in [-0.3, -0.25) is 0 Å². The van der Waals surface area contributed by atoms with Crippen LogP contribution in [0.2, 0.25) is 0 Å². The number of pyridine rings is 1. The van der Waals surface area contributed by atoms with E-state index in [1.165, 1.54) is 6.08 Å². The third-order valence-corrected chi connectivity index (χ3v) is 3.57. The van der Waals surface area contributed by atoms with E-state index in [1.54, 1.807) is 18.6 Å². The van der Waals surface area contributed by atoms with Gasteiger partial charge in [0.15, 0.2) is 0 Å². The molecule has 0 atom stereocenters. The Morgan fingerprint density at radius 2 is 2.00 bits per heavy atom. The van der Waals surface area contributed by atoms with E-state index in [4.69, 9.17) is 5.26 Å². The van der Waals surface area contributed by atoms with Crippen LogP contribution >= 0.6 is 0 Å². The number of allylic oxidation sites excluding steroid dienone is 1. The number of nitriles is 1. The fourth-order valence-electron chi connectivity index (χ4n) is 2.28. The van der Waals surface area contributed by atoms with Crippen molar-refractivity contribution in [3.05, 3.63) is 54.5 Å². The predicted molar refractivity (Wildman–Crippen MR) is 87.7 cm³/mol. The molecule has 22 heavy (non-hydrogen) atoms. The minimum absolute atomic E-state index is 0.858. The highest BCUT2D eigenvalue weighted by molar-refractivity contribution is 5.78. The molecule has 0 fully saturated rings. The van der Waals surface area contributed by atoms with Crippen LogP contribution in [0.25, 0.3) is 17.1 Å². The maximum Gasteiger partial charge on any atom is 0.134 e. The molecule has 108 valence electrons. The SMILES string of the molecule is CN(c1ccc(/C=C/C#N)cc1)c1cc2c(cn1)ncn2C. The molecule has 0 aliphatic heterocycles. The first-order valence-electron chi connectivity index (χ1n) is 6.86. The van der Waals surface area contributed by atoms with E-state index in [0.29, 0.717) is 0 Å². The average Bonchev–Trinajstić information content (AvgIpc) is 2.93. The average molecular weight is 289 g/mol. The summed E-state index contributed by atoms with van der Waals surface area (Å²) in [6.45, 7) is 0. The molecule has 0 aliphatic carbocycles. The Morgan fingerprint density at radius 1 is 1.23 bits per heavy atom. The lowest BCUT2D eigenvalue weighted by atomic mass is 10.2. The van der Waals surface area contributed by atoms with Crippen molar-refractivity contribution in [1.82, 2.24) is 14.5 Å². The van der Waals surface area contributed by atoms with Gasteiger partial charge < -0.3 is 9.47 Å². The number of anilines is 2. The van der Waals surface area contributed by atoms with Crippen LogP contribution < -0.4 is 4.90 Å². The second kappa shape index (κ2) is 5.70. The lowest BCUT2D eigenvalue weighted by Gasteiger charge is -2.18. The van der Waals surface area contributed by atoms with E-state index < -0.39 is 0 Å². The molecule has 5 nitrogen and oxygen atoms in total. The summed E-state index contributed by atoms with van der Waals surface area (Å²) in [5, 5.41) is 8.55. The number of hydrogen-bond acceptors (Lipinski definition) is 4. The smallest absolute Gasteiger partial charge is 0.134 e. The third kappa shape index (κ3) is 2.54. The molecule has 1 aromatic carbocycles. The molecule has 2 heterocycles. The quantitative estimate of drug-likeness (QED) is 0.694. The molecule has 3 rings (SSSR count). The summed E-state index contributed by atoms with van der Waals surface area (Å²) in [6, 6.07) is 12.0. The minimum atomic E-state index is 0.858. The summed E-state index contributed by atoms with van der Waals surface area (Å²) < 4.78 is 1.98. The van der Waals surface area contributed by atoms with E-state index in [1.807, 2.05) is 60.0 Å². The van der Waals surface area contributed by atoms with Crippen molar-refractivity contribution in [1.29, 1.82) is 5.26 Å². The molecule has 0 saturated carbocycles. The fourth-order valence-corrected chi connectivity index (χ4v) is 2.28. The zero-order valence-corrected chi connectivity index (χ0v) is 12.4. The van der Waals surface area contributed by atoms with Gasteiger partial charge in [0.25, 0.3) is 0 Å². The maximum absolute atomic E-state index is 8.55. The summed E-state index contributed by atoms with van der Waals surface area (Å²) in [4.78, 5) is 10.8. The van der Waals surface area contributed by atoms with Gasteiger partial charge in [-0.15, -0.1) is 0 Å². The van der Waals surface area contributed by atoms with Crippen molar-refractivity contribution in [2.24, 2.45) is 7.05 Å². The Kier molecular flexibility index (Phi) is 3.58. The maximum atomic E-state index is 8.55. The Morgan fingerprint density at radius 3 is 2.73 bits per heavy atom. The van der Waals surface area contributed by atoms with Crippen LogP contribution in [0.4, 0.5) is 11.5 Å². The van der Waals surface area contributed by atoms with Gasteiger partial charge in [0.05, 0.1) is 24.1 Å². The van der Waals surface area contributed by atoms with Gasteiger partial charge in [-0.1, -0.05) is 12.1 Å². The first-order chi connectivity index (χ1) is 10.7. The summed E-state index contributed by atoms with van der Waals surface area (Å²) in [6.07, 6.45) is 6.82. The topological polar surface area (TPSA) is 57.7 Å². The lowest BCUT2D eigenvalue weighted by Crippen LogP contribution is -2.11. The van der Waals surface area contributed by atoms with Crippen LogP contribution in [-0.2, 0) is 7.05 Å². The molecule has 2 aromatic heterocycles. The number of aryl methyl sites for hydroxylation is 1. The van der Waals surface area contributed by atoms with Gasteiger partial charge in [-0.2, -0.15) is 5.26 Å². The van der Waals surface area contributed by atoms with Gasteiger partial charge in [-0.25, -0.2) is 9.97 Å². The van der Waals surface area contributed by atoms with Gasteiger partial charge in [-0.05, 0) is 23.8 Å².